The van der Waals surface area contributed by atoms with Crippen molar-refractivity contribution in [3.8, 4) is 0 Å². The van der Waals surface area contributed by atoms with E-state index in [9.17, 15) is 14.4 Å². The molecule has 0 fully saturated rings. The summed E-state index contributed by atoms with van der Waals surface area (Å²) in [5.41, 5.74) is 1.50. The van der Waals surface area contributed by atoms with Gasteiger partial charge in [-0.1, -0.05) is 0 Å². The van der Waals surface area contributed by atoms with E-state index in [1.54, 1.807) is 13.2 Å². The number of methoxy groups -OCH3 is 1. The average molecular weight is 406 g/mol. The highest BCUT2D eigenvalue weighted by molar-refractivity contribution is 7.17. The number of furan rings is 1. The highest BCUT2D eigenvalue weighted by Gasteiger charge is 2.26. The highest BCUT2D eigenvalue weighted by atomic mass is 32.1. The molecule has 0 aliphatic heterocycles. The van der Waals surface area contributed by atoms with Gasteiger partial charge in [-0.15, -0.1) is 11.3 Å². The predicted molar refractivity (Wildman–Crippen MR) is 103 cm³/mol. The summed E-state index contributed by atoms with van der Waals surface area (Å²) in [6.45, 7) is 0.323. The van der Waals surface area contributed by atoms with Gasteiger partial charge in [0.2, 0.25) is 5.76 Å². The Balaban J connectivity index is 1.68. The van der Waals surface area contributed by atoms with Crippen LogP contribution in [0.3, 0.4) is 0 Å². The van der Waals surface area contributed by atoms with Crippen LogP contribution in [0.15, 0.2) is 22.8 Å². The third-order valence-corrected chi connectivity index (χ3v) is 5.51. The summed E-state index contributed by atoms with van der Waals surface area (Å²) in [5, 5.41) is 6.02. The van der Waals surface area contributed by atoms with Crippen molar-refractivity contribution in [1.29, 1.82) is 0 Å². The summed E-state index contributed by atoms with van der Waals surface area (Å²) in [5.74, 6) is -1.44. The van der Waals surface area contributed by atoms with Crippen molar-refractivity contribution in [1.82, 2.24) is 5.32 Å². The maximum atomic E-state index is 12.7. The molecular weight excluding hydrogens is 384 g/mol. The van der Waals surface area contributed by atoms with Crippen LogP contribution in [0.4, 0.5) is 5.00 Å². The second-order valence-electron chi connectivity index (χ2n) is 6.27. The van der Waals surface area contributed by atoms with Crippen LogP contribution in [-0.2, 0) is 27.1 Å². The van der Waals surface area contributed by atoms with Crippen LogP contribution in [0.5, 0.6) is 0 Å². The maximum absolute atomic E-state index is 12.7. The van der Waals surface area contributed by atoms with Gasteiger partial charge in [0, 0.05) is 18.5 Å². The molecule has 1 aliphatic carbocycles. The van der Waals surface area contributed by atoms with E-state index in [2.05, 4.69) is 10.6 Å². The molecule has 0 radical (unpaired) electrons. The van der Waals surface area contributed by atoms with E-state index in [4.69, 9.17) is 13.9 Å². The Bertz CT molecular complexity index is 843. The van der Waals surface area contributed by atoms with Gasteiger partial charge in [0.1, 0.15) is 5.00 Å². The van der Waals surface area contributed by atoms with Crippen molar-refractivity contribution in [2.24, 2.45) is 0 Å². The zero-order valence-corrected chi connectivity index (χ0v) is 16.4. The van der Waals surface area contributed by atoms with Crippen LogP contribution in [0.1, 0.15) is 44.2 Å². The van der Waals surface area contributed by atoms with Crippen molar-refractivity contribution in [2.75, 3.05) is 32.2 Å². The van der Waals surface area contributed by atoms with E-state index in [-0.39, 0.29) is 11.7 Å². The number of fused-ring (bicyclic) bond motifs is 1. The Hall–Kier alpha value is -2.65. The zero-order valence-electron chi connectivity index (χ0n) is 15.5. The lowest BCUT2D eigenvalue weighted by atomic mass is 9.95. The van der Waals surface area contributed by atoms with Crippen LogP contribution in [0.25, 0.3) is 0 Å². The number of aryl methyl sites for hydroxylation is 1. The number of ether oxygens (including phenoxy) is 2. The first-order valence-electron chi connectivity index (χ1n) is 9.02. The first-order valence-corrected chi connectivity index (χ1v) is 9.84. The Morgan fingerprint density at radius 3 is 2.82 bits per heavy atom. The third-order valence-electron chi connectivity index (χ3n) is 4.30. The van der Waals surface area contributed by atoms with Gasteiger partial charge < -0.3 is 24.5 Å². The molecule has 0 aromatic carbocycles. The fourth-order valence-electron chi connectivity index (χ4n) is 3.01. The van der Waals surface area contributed by atoms with E-state index >= 15 is 0 Å². The van der Waals surface area contributed by atoms with Crippen LogP contribution in [-0.4, -0.2) is 44.7 Å². The summed E-state index contributed by atoms with van der Waals surface area (Å²) in [4.78, 5) is 37.8. The van der Waals surface area contributed by atoms with E-state index < -0.39 is 18.5 Å². The quantitative estimate of drug-likeness (QED) is 0.515. The molecule has 2 aromatic heterocycles. The average Bonchev–Trinajstić information content (AvgIpc) is 3.34. The summed E-state index contributed by atoms with van der Waals surface area (Å²) in [6, 6.07) is 3.01. The van der Waals surface area contributed by atoms with Crippen LogP contribution < -0.4 is 10.6 Å². The number of hydrogen-bond donors (Lipinski definition) is 2. The number of nitrogens with one attached hydrogen (secondary N) is 2. The monoisotopic (exact) mass is 406 g/mol. The molecule has 8 nitrogen and oxygen atoms in total. The predicted octanol–water partition coefficient (Wildman–Crippen LogP) is 2.39. The lowest BCUT2D eigenvalue weighted by molar-refractivity contribution is -0.119. The number of rotatable bonds is 8. The molecule has 2 aromatic rings. The smallest absolute Gasteiger partial charge is 0.374 e. The Morgan fingerprint density at radius 1 is 1.25 bits per heavy atom. The summed E-state index contributed by atoms with van der Waals surface area (Å²) in [6.07, 6.45) is 5.12. The minimum Gasteiger partial charge on any atom is -0.457 e. The molecule has 0 atom stereocenters. The summed E-state index contributed by atoms with van der Waals surface area (Å²) >= 11 is 1.41. The van der Waals surface area contributed by atoms with E-state index in [1.807, 2.05) is 0 Å². The highest BCUT2D eigenvalue weighted by Crippen LogP contribution is 2.38. The fourth-order valence-corrected chi connectivity index (χ4v) is 4.31. The molecule has 0 spiro atoms. The van der Waals surface area contributed by atoms with Crippen molar-refractivity contribution in [3.63, 3.8) is 0 Å². The number of esters is 1. The van der Waals surface area contributed by atoms with Crippen LogP contribution >= 0.6 is 11.3 Å². The number of carbonyl (C=O) groups is 3. The maximum Gasteiger partial charge on any atom is 0.374 e. The second kappa shape index (κ2) is 9.52. The fraction of sp³-hybridized carbons (Fsp3) is 0.421. The Morgan fingerprint density at radius 2 is 2.07 bits per heavy atom. The molecule has 0 saturated carbocycles. The van der Waals surface area contributed by atoms with Gasteiger partial charge in [0.05, 0.1) is 18.4 Å². The number of carbonyl (C=O) groups excluding carboxylic acids is 3. The minimum atomic E-state index is -0.719. The van der Waals surface area contributed by atoms with E-state index in [0.717, 1.165) is 36.1 Å². The van der Waals surface area contributed by atoms with Gasteiger partial charge in [-0.25, -0.2) is 4.79 Å². The zero-order chi connectivity index (χ0) is 19.9. The molecule has 1 aliphatic rings. The molecular formula is C19H22N2O6S. The van der Waals surface area contributed by atoms with Crippen LogP contribution in [0.2, 0.25) is 0 Å². The second-order valence-corrected chi connectivity index (χ2v) is 7.37. The van der Waals surface area contributed by atoms with Gasteiger partial charge in [0.25, 0.3) is 11.8 Å². The molecule has 0 bridgehead atoms. The lowest BCUT2D eigenvalue weighted by Crippen LogP contribution is -2.29. The van der Waals surface area contributed by atoms with Crippen molar-refractivity contribution in [3.05, 3.63) is 40.2 Å². The molecule has 150 valence electrons. The van der Waals surface area contributed by atoms with Crippen molar-refractivity contribution >= 4 is 34.1 Å². The van der Waals surface area contributed by atoms with Crippen molar-refractivity contribution in [2.45, 2.75) is 25.7 Å². The Kier molecular flexibility index (Phi) is 6.83. The molecule has 9 heteroatoms. The minimum absolute atomic E-state index is 0.0256. The van der Waals surface area contributed by atoms with Crippen LogP contribution in [0, 0.1) is 0 Å². The molecule has 0 unspecified atom stereocenters. The standard InChI is InChI=1S/C19H22N2O6S/c1-25-10-8-20-17(23)16-12-5-2-3-7-14(12)28-18(16)21-15(22)11-27-19(24)13-6-4-9-26-13/h4,6,9H,2-3,5,7-8,10-11H2,1H3,(H,20,23)(H,21,22). The van der Waals surface area contributed by atoms with Crippen molar-refractivity contribution < 1.29 is 28.3 Å². The van der Waals surface area contributed by atoms with E-state index in [1.165, 1.54) is 23.7 Å². The first-order chi connectivity index (χ1) is 13.6. The van der Waals surface area contributed by atoms with Gasteiger partial charge in [0.15, 0.2) is 6.61 Å². The molecule has 2 heterocycles. The molecule has 2 amide bonds. The third kappa shape index (κ3) is 4.79. The lowest BCUT2D eigenvalue weighted by Gasteiger charge is -2.13. The Labute approximate surface area is 166 Å². The topological polar surface area (TPSA) is 107 Å². The normalized spacial score (nSPS) is 12.9. The van der Waals surface area contributed by atoms with Gasteiger partial charge >= 0.3 is 5.97 Å². The van der Waals surface area contributed by atoms with E-state index in [0.29, 0.717) is 23.7 Å². The number of anilines is 1. The molecule has 28 heavy (non-hydrogen) atoms. The van der Waals surface area contributed by atoms with Gasteiger partial charge in [-0.3, -0.25) is 9.59 Å². The number of amides is 2. The van der Waals surface area contributed by atoms with Gasteiger partial charge in [-0.2, -0.15) is 0 Å². The largest absolute Gasteiger partial charge is 0.457 e. The summed E-state index contributed by atoms with van der Waals surface area (Å²) < 4.78 is 14.8. The number of hydrogen-bond acceptors (Lipinski definition) is 7. The first kappa shape index (κ1) is 20.1. The molecule has 2 N–H and O–H groups in total. The molecule has 0 saturated heterocycles. The summed E-state index contributed by atoms with van der Waals surface area (Å²) in [7, 11) is 1.56. The SMILES string of the molecule is COCCNC(=O)c1c(NC(=O)COC(=O)c2ccco2)sc2c1CCCC2. The van der Waals surface area contributed by atoms with Gasteiger partial charge in [-0.05, 0) is 43.4 Å². The number of thiophene rings is 1. The molecule has 3 rings (SSSR count).